The summed E-state index contributed by atoms with van der Waals surface area (Å²) in [6.45, 7) is 0.973. The first-order chi connectivity index (χ1) is 9.07. The smallest absolute Gasteiger partial charge is 0.211 e. The fraction of sp³-hybridized carbons (Fsp3) is 0.538. The zero-order chi connectivity index (χ0) is 13.7. The third kappa shape index (κ3) is 4.56. The van der Waals surface area contributed by atoms with Gasteiger partial charge in [0.2, 0.25) is 10.0 Å². The molecule has 1 heterocycles. The van der Waals surface area contributed by atoms with Crippen molar-refractivity contribution in [2.75, 3.05) is 12.3 Å². The lowest BCUT2D eigenvalue weighted by Crippen LogP contribution is -2.30. The van der Waals surface area contributed by atoms with Gasteiger partial charge in [-0.25, -0.2) is 17.5 Å². The molecule has 1 aromatic rings. The van der Waals surface area contributed by atoms with Crippen LogP contribution in [0.4, 0.5) is 4.39 Å². The van der Waals surface area contributed by atoms with Gasteiger partial charge in [-0.05, 0) is 31.9 Å². The van der Waals surface area contributed by atoms with Gasteiger partial charge in [0.15, 0.2) is 0 Å². The van der Waals surface area contributed by atoms with Crippen molar-refractivity contribution >= 4 is 10.0 Å². The maximum Gasteiger partial charge on any atom is 0.211 e. The van der Waals surface area contributed by atoms with Gasteiger partial charge in [-0.3, -0.25) is 0 Å². The van der Waals surface area contributed by atoms with Crippen molar-refractivity contribution in [1.82, 2.24) is 10.0 Å². The van der Waals surface area contributed by atoms with Gasteiger partial charge in [-0.1, -0.05) is 18.2 Å². The molecule has 0 amide bonds. The molecule has 2 N–H and O–H groups in total. The number of sulfonamides is 1. The molecule has 6 heteroatoms. The highest BCUT2D eigenvalue weighted by molar-refractivity contribution is 7.89. The van der Waals surface area contributed by atoms with Crippen LogP contribution in [0.1, 0.15) is 24.8 Å². The molecule has 0 saturated carbocycles. The molecule has 1 atom stereocenters. The first kappa shape index (κ1) is 14.4. The van der Waals surface area contributed by atoms with Crippen molar-refractivity contribution in [3.63, 3.8) is 0 Å². The zero-order valence-corrected chi connectivity index (χ0v) is 11.5. The van der Waals surface area contributed by atoms with E-state index in [1.165, 1.54) is 6.07 Å². The Morgan fingerprint density at radius 2 is 2.16 bits per heavy atom. The Kier molecular flexibility index (Phi) is 4.90. The van der Waals surface area contributed by atoms with Crippen molar-refractivity contribution in [3.05, 3.63) is 35.6 Å². The van der Waals surface area contributed by atoms with Crippen LogP contribution in [0.3, 0.4) is 0 Å². The summed E-state index contributed by atoms with van der Waals surface area (Å²) in [6, 6.07) is 6.47. The fourth-order valence-electron chi connectivity index (χ4n) is 2.20. The van der Waals surface area contributed by atoms with E-state index in [9.17, 15) is 12.8 Å². The lowest BCUT2D eigenvalue weighted by molar-refractivity contribution is 0.550. The van der Waals surface area contributed by atoms with E-state index in [-0.39, 0.29) is 18.1 Å². The molecule has 1 unspecified atom stereocenters. The summed E-state index contributed by atoms with van der Waals surface area (Å²) in [7, 11) is -3.34. The Morgan fingerprint density at radius 3 is 2.84 bits per heavy atom. The molecule has 1 fully saturated rings. The topological polar surface area (TPSA) is 58.2 Å². The van der Waals surface area contributed by atoms with Crippen LogP contribution < -0.4 is 10.0 Å². The predicted molar refractivity (Wildman–Crippen MR) is 72.7 cm³/mol. The molecule has 0 spiro atoms. The van der Waals surface area contributed by atoms with Crippen molar-refractivity contribution < 1.29 is 12.8 Å². The van der Waals surface area contributed by atoms with Gasteiger partial charge in [0.25, 0.3) is 0 Å². The van der Waals surface area contributed by atoms with Gasteiger partial charge in [0, 0.05) is 18.2 Å². The maximum atomic E-state index is 13.4. The molecule has 1 aromatic carbocycles. The van der Waals surface area contributed by atoms with E-state index in [2.05, 4.69) is 10.0 Å². The average Bonchev–Trinajstić information content (AvgIpc) is 2.89. The van der Waals surface area contributed by atoms with E-state index < -0.39 is 10.0 Å². The highest BCUT2D eigenvalue weighted by Crippen LogP contribution is 2.10. The Hall–Kier alpha value is -0.980. The number of benzene rings is 1. The summed E-state index contributed by atoms with van der Waals surface area (Å²) in [5.41, 5.74) is 0.366. The highest BCUT2D eigenvalue weighted by Gasteiger charge is 2.18. The van der Waals surface area contributed by atoms with Crippen molar-refractivity contribution in [1.29, 1.82) is 0 Å². The quantitative estimate of drug-likeness (QED) is 0.831. The molecule has 106 valence electrons. The predicted octanol–water partition coefficient (Wildman–Crippen LogP) is 1.39. The minimum Gasteiger partial charge on any atom is -0.314 e. The average molecular weight is 286 g/mol. The monoisotopic (exact) mass is 286 g/mol. The first-order valence-electron chi connectivity index (χ1n) is 6.51. The second-order valence-electron chi connectivity index (χ2n) is 4.81. The molecule has 19 heavy (non-hydrogen) atoms. The molecule has 1 saturated heterocycles. The summed E-state index contributed by atoms with van der Waals surface area (Å²) in [5, 5.41) is 3.26. The minimum atomic E-state index is -3.34. The molecule has 0 aliphatic carbocycles. The van der Waals surface area contributed by atoms with Gasteiger partial charge in [0.05, 0.1) is 5.75 Å². The second kappa shape index (κ2) is 6.45. The third-order valence-electron chi connectivity index (χ3n) is 3.34. The fourth-order valence-corrected chi connectivity index (χ4v) is 3.32. The van der Waals surface area contributed by atoms with E-state index in [0.717, 1.165) is 19.4 Å². The van der Waals surface area contributed by atoms with Gasteiger partial charge in [-0.2, -0.15) is 0 Å². The number of hydrogen-bond donors (Lipinski definition) is 2. The molecule has 0 aromatic heterocycles. The van der Waals surface area contributed by atoms with Crippen LogP contribution in [0.25, 0.3) is 0 Å². The van der Waals surface area contributed by atoms with Crippen molar-refractivity contribution in [3.8, 4) is 0 Å². The van der Waals surface area contributed by atoms with Crippen LogP contribution in [-0.2, 0) is 16.6 Å². The molecule has 0 bridgehead atoms. The molecule has 2 rings (SSSR count). The van der Waals surface area contributed by atoms with E-state index in [0.29, 0.717) is 18.0 Å². The van der Waals surface area contributed by atoms with Gasteiger partial charge < -0.3 is 5.32 Å². The largest absolute Gasteiger partial charge is 0.314 e. The highest BCUT2D eigenvalue weighted by atomic mass is 32.2. The summed E-state index contributed by atoms with van der Waals surface area (Å²) in [4.78, 5) is 0. The molecule has 1 aliphatic rings. The molecular formula is C13H19FN2O2S. The summed E-state index contributed by atoms with van der Waals surface area (Å²) in [5.74, 6) is -0.304. The minimum absolute atomic E-state index is 0.00705. The molecular weight excluding hydrogens is 267 g/mol. The van der Waals surface area contributed by atoms with Crippen LogP contribution in [0.5, 0.6) is 0 Å². The summed E-state index contributed by atoms with van der Waals surface area (Å²) < 4.78 is 39.4. The first-order valence-corrected chi connectivity index (χ1v) is 8.16. The van der Waals surface area contributed by atoms with Crippen LogP contribution in [0, 0.1) is 5.82 Å². The van der Waals surface area contributed by atoms with Crippen LogP contribution in [0.2, 0.25) is 0 Å². The Morgan fingerprint density at radius 1 is 1.37 bits per heavy atom. The van der Waals surface area contributed by atoms with Crippen LogP contribution in [0.15, 0.2) is 24.3 Å². The van der Waals surface area contributed by atoms with Crippen LogP contribution in [-0.4, -0.2) is 26.8 Å². The zero-order valence-electron chi connectivity index (χ0n) is 10.7. The Bertz CT molecular complexity index is 513. The van der Waals surface area contributed by atoms with Gasteiger partial charge in [0.1, 0.15) is 5.82 Å². The SMILES string of the molecule is O=S(=O)(CCC1CCCN1)NCc1ccccc1F. The normalized spacial score (nSPS) is 19.7. The molecule has 0 radical (unpaired) electrons. The van der Waals surface area contributed by atoms with Crippen molar-refractivity contribution in [2.24, 2.45) is 0 Å². The van der Waals surface area contributed by atoms with Gasteiger partial charge >= 0.3 is 0 Å². The molecule has 4 nitrogen and oxygen atoms in total. The summed E-state index contributed by atoms with van der Waals surface area (Å²) in [6.07, 6.45) is 2.74. The van der Waals surface area contributed by atoms with E-state index >= 15 is 0 Å². The lowest BCUT2D eigenvalue weighted by Gasteiger charge is -2.11. The third-order valence-corrected chi connectivity index (χ3v) is 4.70. The maximum absolute atomic E-state index is 13.4. The number of hydrogen-bond acceptors (Lipinski definition) is 3. The number of halogens is 1. The van der Waals surface area contributed by atoms with Crippen molar-refractivity contribution in [2.45, 2.75) is 31.8 Å². The lowest BCUT2D eigenvalue weighted by atomic mass is 10.2. The number of nitrogens with one attached hydrogen (secondary N) is 2. The summed E-state index contributed by atoms with van der Waals surface area (Å²) >= 11 is 0. The standard InChI is InChI=1S/C13H19FN2O2S/c14-13-6-2-1-4-11(13)10-16-19(17,18)9-7-12-5-3-8-15-12/h1-2,4,6,12,15-16H,3,5,7-10H2. The molecule has 1 aliphatic heterocycles. The second-order valence-corrected chi connectivity index (χ2v) is 6.74. The van der Waals surface area contributed by atoms with E-state index in [1.807, 2.05) is 0 Å². The number of rotatable bonds is 6. The van der Waals surface area contributed by atoms with Gasteiger partial charge in [-0.15, -0.1) is 0 Å². The Labute approximate surface area is 113 Å². The van der Waals surface area contributed by atoms with E-state index in [4.69, 9.17) is 0 Å². The Balaban J connectivity index is 1.82. The van der Waals surface area contributed by atoms with E-state index in [1.54, 1.807) is 18.2 Å². The van der Waals surface area contributed by atoms with Crippen LogP contribution >= 0.6 is 0 Å².